The summed E-state index contributed by atoms with van der Waals surface area (Å²) in [7, 11) is 0. The second-order valence-corrected chi connectivity index (χ2v) is 6.73. The Hall–Kier alpha value is -2.34. The Bertz CT molecular complexity index is 823. The van der Waals surface area contributed by atoms with Crippen LogP contribution in [0.4, 0.5) is 0 Å². The number of aryl methyl sites for hydroxylation is 1. The number of hydrogen-bond donors (Lipinski definition) is 1. The van der Waals surface area contributed by atoms with Crippen molar-refractivity contribution >= 4 is 23.5 Å². The van der Waals surface area contributed by atoms with Gasteiger partial charge in [0.15, 0.2) is 0 Å². The number of likely N-dealkylation sites (tertiary alicyclic amines) is 1. The van der Waals surface area contributed by atoms with Crippen molar-refractivity contribution in [3.63, 3.8) is 0 Å². The largest absolute Gasteiger partial charge is 0.478 e. The highest BCUT2D eigenvalue weighted by molar-refractivity contribution is 6.34. The van der Waals surface area contributed by atoms with E-state index in [0.29, 0.717) is 29.4 Å². The molecule has 1 aromatic carbocycles. The van der Waals surface area contributed by atoms with Crippen LogP contribution in [0, 0.1) is 13.8 Å². The molecular weight excluding hydrogens is 342 g/mol. The number of carboxylic acid groups (broad SMARTS) is 1. The molecule has 1 aromatic heterocycles. The first-order valence-electron chi connectivity index (χ1n) is 8.22. The highest BCUT2D eigenvalue weighted by atomic mass is 35.5. The lowest BCUT2D eigenvalue weighted by molar-refractivity contribution is 0.0688. The molecule has 1 saturated heterocycles. The number of piperidine rings is 1. The lowest BCUT2D eigenvalue weighted by atomic mass is 10.0. The monoisotopic (exact) mass is 361 g/mol. The molecule has 2 aromatic rings. The number of rotatable bonds is 3. The Labute approximate surface area is 151 Å². The van der Waals surface area contributed by atoms with E-state index in [0.717, 1.165) is 18.4 Å². The molecule has 0 bridgehead atoms. The summed E-state index contributed by atoms with van der Waals surface area (Å²) in [6, 6.07) is 5.57. The maximum atomic E-state index is 12.7. The maximum Gasteiger partial charge on any atom is 0.339 e. The van der Waals surface area contributed by atoms with Crippen LogP contribution in [0.3, 0.4) is 0 Å². The summed E-state index contributed by atoms with van der Waals surface area (Å²) >= 11 is 6.27. The van der Waals surface area contributed by atoms with Crippen LogP contribution in [0.1, 0.15) is 50.9 Å². The molecule has 1 aliphatic rings. The van der Waals surface area contributed by atoms with Gasteiger partial charge in [-0.3, -0.25) is 9.48 Å². The molecule has 0 aliphatic carbocycles. The molecule has 0 unspecified atom stereocenters. The fraction of sp³-hybridized carbons (Fsp3) is 0.389. The number of amides is 1. The molecule has 25 heavy (non-hydrogen) atoms. The van der Waals surface area contributed by atoms with E-state index in [9.17, 15) is 9.59 Å². The van der Waals surface area contributed by atoms with Crippen LogP contribution >= 0.6 is 11.6 Å². The fourth-order valence-corrected chi connectivity index (χ4v) is 3.50. The summed E-state index contributed by atoms with van der Waals surface area (Å²) in [6.07, 6.45) is 2.86. The fourth-order valence-electron chi connectivity index (χ4n) is 3.30. The van der Waals surface area contributed by atoms with Gasteiger partial charge in [-0.25, -0.2) is 4.79 Å². The van der Waals surface area contributed by atoms with Crippen molar-refractivity contribution in [2.45, 2.75) is 32.7 Å². The van der Waals surface area contributed by atoms with Crippen LogP contribution in [-0.4, -0.2) is 44.8 Å². The molecule has 0 radical (unpaired) electrons. The summed E-state index contributed by atoms with van der Waals surface area (Å²) in [6.45, 7) is 4.83. The van der Waals surface area contributed by atoms with E-state index in [2.05, 4.69) is 5.10 Å². The predicted octanol–water partition coefficient (Wildman–Crippen LogP) is 3.33. The molecule has 3 rings (SSSR count). The van der Waals surface area contributed by atoms with E-state index < -0.39 is 5.97 Å². The Morgan fingerprint density at radius 3 is 2.48 bits per heavy atom. The lowest BCUT2D eigenvalue weighted by Gasteiger charge is -2.33. The van der Waals surface area contributed by atoms with Crippen molar-refractivity contribution in [2.24, 2.45) is 0 Å². The molecule has 1 aliphatic heterocycles. The van der Waals surface area contributed by atoms with E-state index in [1.165, 1.54) is 6.20 Å². The maximum absolute atomic E-state index is 12.7. The SMILES string of the molecule is Cc1cccc(C(=O)N2CCC(n3ncc(C(=O)O)c3C)CC2)c1Cl. The van der Waals surface area contributed by atoms with Crippen LogP contribution < -0.4 is 0 Å². The third kappa shape index (κ3) is 3.26. The lowest BCUT2D eigenvalue weighted by Crippen LogP contribution is -2.39. The number of nitrogens with zero attached hydrogens (tertiary/aromatic N) is 3. The number of aromatic nitrogens is 2. The molecule has 2 heterocycles. The van der Waals surface area contributed by atoms with Gasteiger partial charge in [-0.15, -0.1) is 0 Å². The normalized spacial score (nSPS) is 15.4. The number of aromatic carboxylic acids is 1. The quantitative estimate of drug-likeness (QED) is 0.909. The average Bonchev–Trinajstić information content (AvgIpc) is 2.98. The number of carbonyl (C=O) groups excluding carboxylic acids is 1. The Morgan fingerprint density at radius 1 is 1.20 bits per heavy atom. The van der Waals surface area contributed by atoms with Crippen LogP contribution in [0.15, 0.2) is 24.4 Å². The van der Waals surface area contributed by atoms with Crippen molar-refractivity contribution in [1.82, 2.24) is 14.7 Å². The van der Waals surface area contributed by atoms with Gasteiger partial charge in [0.05, 0.1) is 28.5 Å². The van der Waals surface area contributed by atoms with Crippen LogP contribution in [0.5, 0.6) is 0 Å². The second kappa shape index (κ2) is 6.88. The highest BCUT2D eigenvalue weighted by Gasteiger charge is 2.28. The summed E-state index contributed by atoms with van der Waals surface area (Å²) in [4.78, 5) is 25.7. The Morgan fingerprint density at radius 2 is 1.88 bits per heavy atom. The van der Waals surface area contributed by atoms with Gasteiger partial charge in [0, 0.05) is 13.1 Å². The van der Waals surface area contributed by atoms with Crippen molar-refractivity contribution in [2.75, 3.05) is 13.1 Å². The molecule has 7 heteroatoms. The van der Waals surface area contributed by atoms with Gasteiger partial charge in [-0.05, 0) is 38.3 Å². The van der Waals surface area contributed by atoms with Crippen LogP contribution in [0.2, 0.25) is 5.02 Å². The number of halogens is 1. The van der Waals surface area contributed by atoms with Crippen molar-refractivity contribution in [1.29, 1.82) is 0 Å². The third-order valence-corrected chi connectivity index (χ3v) is 5.30. The number of carbonyl (C=O) groups is 2. The van der Waals surface area contributed by atoms with E-state index in [-0.39, 0.29) is 17.5 Å². The van der Waals surface area contributed by atoms with Gasteiger partial charge < -0.3 is 10.0 Å². The molecule has 0 atom stereocenters. The molecule has 132 valence electrons. The first-order valence-corrected chi connectivity index (χ1v) is 8.59. The molecule has 1 N–H and O–H groups in total. The van der Waals surface area contributed by atoms with Gasteiger partial charge in [0.1, 0.15) is 5.56 Å². The summed E-state index contributed by atoms with van der Waals surface area (Å²) < 4.78 is 1.77. The first-order chi connectivity index (χ1) is 11.9. The molecule has 1 fully saturated rings. The predicted molar refractivity (Wildman–Crippen MR) is 94.3 cm³/mol. The zero-order valence-electron chi connectivity index (χ0n) is 14.2. The average molecular weight is 362 g/mol. The number of benzene rings is 1. The Balaban J connectivity index is 1.71. The molecule has 6 nitrogen and oxygen atoms in total. The van der Waals surface area contributed by atoms with E-state index in [4.69, 9.17) is 16.7 Å². The van der Waals surface area contributed by atoms with Crippen molar-refractivity contribution in [3.8, 4) is 0 Å². The van der Waals surface area contributed by atoms with Crippen molar-refractivity contribution in [3.05, 3.63) is 51.8 Å². The van der Waals surface area contributed by atoms with Crippen LogP contribution in [-0.2, 0) is 0 Å². The molecule has 1 amide bonds. The van der Waals surface area contributed by atoms with Gasteiger partial charge in [0.2, 0.25) is 0 Å². The highest BCUT2D eigenvalue weighted by Crippen LogP contribution is 2.27. The minimum absolute atomic E-state index is 0.0597. The summed E-state index contributed by atoms with van der Waals surface area (Å²) in [5.74, 6) is -1.03. The smallest absolute Gasteiger partial charge is 0.339 e. The topological polar surface area (TPSA) is 75.4 Å². The molecule has 0 saturated carbocycles. The van der Waals surface area contributed by atoms with Crippen LogP contribution in [0.25, 0.3) is 0 Å². The van der Waals surface area contributed by atoms with Gasteiger partial charge in [0.25, 0.3) is 5.91 Å². The number of hydrogen-bond acceptors (Lipinski definition) is 3. The third-order valence-electron chi connectivity index (χ3n) is 4.79. The summed E-state index contributed by atoms with van der Waals surface area (Å²) in [5.41, 5.74) is 2.29. The minimum atomic E-state index is -0.967. The van der Waals surface area contributed by atoms with Crippen molar-refractivity contribution < 1.29 is 14.7 Å². The van der Waals surface area contributed by atoms with Gasteiger partial charge in [-0.2, -0.15) is 5.10 Å². The van der Waals surface area contributed by atoms with E-state index in [1.54, 1.807) is 22.6 Å². The molecular formula is C18H20ClN3O3. The van der Waals surface area contributed by atoms with Gasteiger partial charge >= 0.3 is 5.97 Å². The van der Waals surface area contributed by atoms with E-state index >= 15 is 0 Å². The second-order valence-electron chi connectivity index (χ2n) is 6.35. The zero-order chi connectivity index (χ0) is 18.1. The minimum Gasteiger partial charge on any atom is -0.478 e. The summed E-state index contributed by atoms with van der Waals surface area (Å²) in [5, 5.41) is 13.9. The first kappa shape index (κ1) is 17.5. The molecule has 0 spiro atoms. The standard InChI is InChI=1S/C18H20ClN3O3/c1-11-4-3-5-14(16(11)19)17(23)21-8-6-13(7-9-21)22-12(2)15(10-20-22)18(24)25/h3-5,10,13H,6-9H2,1-2H3,(H,24,25). The van der Waals surface area contributed by atoms with E-state index in [1.807, 2.05) is 19.1 Å². The zero-order valence-corrected chi connectivity index (χ0v) is 15.0. The number of carboxylic acids is 1. The Kier molecular flexibility index (Phi) is 4.81. The van der Waals surface area contributed by atoms with Gasteiger partial charge in [-0.1, -0.05) is 23.7 Å².